The minimum Gasteiger partial charge on any atom is -0.480 e. The number of carbonyl (C=O) groups is 2. The second kappa shape index (κ2) is 5.25. The predicted octanol–water partition coefficient (Wildman–Crippen LogP) is 1.50. The molecule has 0 radical (unpaired) electrons. The molecule has 3 rings (SSSR count). The molecule has 2 heterocycles. The Morgan fingerprint density at radius 1 is 1.33 bits per heavy atom. The number of amides is 1. The van der Waals surface area contributed by atoms with Crippen molar-refractivity contribution >= 4 is 23.4 Å². The first kappa shape index (κ1) is 13.7. The molecule has 7 heteroatoms. The van der Waals surface area contributed by atoms with Crippen molar-refractivity contribution in [3.63, 3.8) is 0 Å². The number of nitrogens with zero attached hydrogens (tertiary/aromatic N) is 3. The molecule has 1 amide bonds. The van der Waals surface area contributed by atoms with Gasteiger partial charge >= 0.3 is 5.97 Å². The Kier molecular flexibility index (Phi) is 3.42. The normalized spacial score (nSPS) is 17.4. The molecule has 0 fully saturated rings. The highest BCUT2D eigenvalue weighted by Crippen LogP contribution is 2.26. The van der Waals surface area contributed by atoms with E-state index in [1.807, 2.05) is 24.3 Å². The van der Waals surface area contributed by atoms with Crippen molar-refractivity contribution < 1.29 is 14.7 Å². The lowest BCUT2D eigenvalue weighted by molar-refractivity contribution is -0.142. The fraction of sp³-hybridized carbons (Fsp3) is 0.286. The van der Waals surface area contributed by atoms with E-state index in [2.05, 4.69) is 9.59 Å². The van der Waals surface area contributed by atoms with Gasteiger partial charge in [0, 0.05) is 13.0 Å². The number of aromatic nitrogens is 2. The number of aryl methyl sites for hydroxylation is 1. The summed E-state index contributed by atoms with van der Waals surface area (Å²) in [5, 5.41) is 13.2. The lowest BCUT2D eigenvalue weighted by atomic mass is 9.94. The van der Waals surface area contributed by atoms with Gasteiger partial charge < -0.3 is 10.0 Å². The van der Waals surface area contributed by atoms with E-state index in [0.717, 1.165) is 22.7 Å². The largest absolute Gasteiger partial charge is 0.480 e. The van der Waals surface area contributed by atoms with Crippen LogP contribution in [-0.4, -0.2) is 37.5 Å². The number of hydrogen-bond donors (Lipinski definition) is 1. The number of hydrogen-bond acceptors (Lipinski definition) is 5. The summed E-state index contributed by atoms with van der Waals surface area (Å²) in [7, 11) is 0. The van der Waals surface area contributed by atoms with Gasteiger partial charge in [-0.1, -0.05) is 28.8 Å². The molecular weight excluding hydrogens is 290 g/mol. The molecule has 6 nitrogen and oxygen atoms in total. The Morgan fingerprint density at radius 2 is 2.05 bits per heavy atom. The molecule has 1 aliphatic rings. The Labute approximate surface area is 125 Å². The first-order valence-corrected chi connectivity index (χ1v) is 7.24. The average Bonchev–Trinajstić information content (AvgIpc) is 2.91. The average molecular weight is 303 g/mol. The van der Waals surface area contributed by atoms with Gasteiger partial charge in [-0.15, -0.1) is 5.10 Å². The lowest BCUT2D eigenvalue weighted by Gasteiger charge is -2.34. The van der Waals surface area contributed by atoms with E-state index in [0.29, 0.717) is 23.5 Å². The van der Waals surface area contributed by atoms with E-state index in [4.69, 9.17) is 0 Å². The smallest absolute Gasteiger partial charge is 0.326 e. The summed E-state index contributed by atoms with van der Waals surface area (Å²) in [6.07, 6.45) is 0.322. The molecule has 21 heavy (non-hydrogen) atoms. The molecule has 0 bridgehead atoms. The van der Waals surface area contributed by atoms with Crippen molar-refractivity contribution in [2.75, 3.05) is 0 Å². The summed E-state index contributed by atoms with van der Waals surface area (Å²) in [6.45, 7) is 1.99. The molecule has 1 N–H and O–H groups in total. The summed E-state index contributed by atoms with van der Waals surface area (Å²) >= 11 is 1.00. The van der Waals surface area contributed by atoms with E-state index in [1.54, 1.807) is 6.92 Å². The second-order valence-corrected chi connectivity index (χ2v) is 5.70. The van der Waals surface area contributed by atoms with Crippen molar-refractivity contribution in [3.05, 3.63) is 46.0 Å². The number of benzene rings is 1. The zero-order valence-electron chi connectivity index (χ0n) is 11.3. The zero-order valence-corrected chi connectivity index (χ0v) is 12.1. The van der Waals surface area contributed by atoms with Crippen molar-refractivity contribution in [1.82, 2.24) is 14.5 Å². The maximum Gasteiger partial charge on any atom is 0.326 e. The van der Waals surface area contributed by atoms with Gasteiger partial charge in [-0.05, 0) is 29.6 Å². The molecule has 2 aromatic rings. The lowest BCUT2D eigenvalue weighted by Crippen LogP contribution is -2.48. The molecule has 1 aromatic heterocycles. The van der Waals surface area contributed by atoms with Crippen LogP contribution in [0.5, 0.6) is 0 Å². The van der Waals surface area contributed by atoms with Crippen molar-refractivity contribution in [2.24, 2.45) is 0 Å². The van der Waals surface area contributed by atoms with Crippen LogP contribution in [0, 0.1) is 6.92 Å². The third-order valence-corrected chi connectivity index (χ3v) is 4.46. The molecule has 1 aromatic carbocycles. The van der Waals surface area contributed by atoms with Crippen LogP contribution in [-0.2, 0) is 17.8 Å². The highest BCUT2D eigenvalue weighted by atomic mass is 32.1. The minimum atomic E-state index is -0.993. The molecule has 0 unspecified atom stereocenters. The van der Waals surface area contributed by atoms with E-state index >= 15 is 0 Å². The Bertz CT molecular complexity index is 713. The van der Waals surface area contributed by atoms with Crippen LogP contribution in [0.25, 0.3) is 0 Å². The first-order valence-electron chi connectivity index (χ1n) is 6.47. The summed E-state index contributed by atoms with van der Waals surface area (Å²) in [6, 6.07) is 6.75. The van der Waals surface area contributed by atoms with Gasteiger partial charge in [0.1, 0.15) is 10.9 Å². The highest BCUT2D eigenvalue weighted by molar-refractivity contribution is 7.07. The van der Waals surface area contributed by atoms with E-state index in [9.17, 15) is 14.7 Å². The van der Waals surface area contributed by atoms with Gasteiger partial charge in [-0.3, -0.25) is 4.79 Å². The van der Waals surface area contributed by atoms with Crippen molar-refractivity contribution in [3.8, 4) is 0 Å². The van der Waals surface area contributed by atoms with Gasteiger partial charge in [0.15, 0.2) is 0 Å². The van der Waals surface area contributed by atoms with Crippen LogP contribution in [0.2, 0.25) is 0 Å². The monoisotopic (exact) mass is 303 g/mol. The SMILES string of the molecule is Cc1nnsc1C(=O)N1Cc2ccccc2C[C@@H]1C(=O)O. The summed E-state index contributed by atoms with van der Waals surface area (Å²) in [5.41, 5.74) is 2.50. The van der Waals surface area contributed by atoms with E-state index in [1.165, 1.54) is 4.90 Å². The number of rotatable bonds is 2. The topological polar surface area (TPSA) is 83.4 Å². The number of fused-ring (bicyclic) bond motifs is 1. The number of carboxylic acid groups (broad SMARTS) is 1. The zero-order chi connectivity index (χ0) is 15.0. The summed E-state index contributed by atoms with van der Waals surface area (Å²) in [5.74, 6) is -1.31. The molecule has 108 valence electrons. The Morgan fingerprint density at radius 3 is 2.67 bits per heavy atom. The molecule has 0 saturated carbocycles. The van der Waals surface area contributed by atoms with Crippen LogP contribution in [0.15, 0.2) is 24.3 Å². The third kappa shape index (κ3) is 2.40. The quantitative estimate of drug-likeness (QED) is 0.909. The van der Waals surface area contributed by atoms with Crippen LogP contribution < -0.4 is 0 Å². The standard InChI is InChI=1S/C14H13N3O3S/c1-8-12(21-16-15-8)13(18)17-7-10-5-3-2-4-9(10)6-11(17)14(19)20/h2-5,11H,6-7H2,1H3,(H,19,20)/t11-/m1/s1. The van der Waals surface area contributed by atoms with Crippen LogP contribution >= 0.6 is 11.5 Å². The third-order valence-electron chi connectivity index (χ3n) is 3.64. The highest BCUT2D eigenvalue weighted by Gasteiger charge is 2.36. The van der Waals surface area contributed by atoms with Crippen LogP contribution in [0.1, 0.15) is 26.5 Å². The van der Waals surface area contributed by atoms with Gasteiger partial charge in [0.25, 0.3) is 5.91 Å². The minimum absolute atomic E-state index is 0.295. The predicted molar refractivity (Wildman–Crippen MR) is 76.1 cm³/mol. The molecule has 1 atom stereocenters. The van der Waals surface area contributed by atoms with Crippen molar-refractivity contribution in [2.45, 2.75) is 25.9 Å². The van der Waals surface area contributed by atoms with E-state index in [-0.39, 0.29) is 5.91 Å². The maximum atomic E-state index is 12.6. The number of carboxylic acids is 1. The summed E-state index contributed by atoms with van der Waals surface area (Å²) in [4.78, 5) is 25.9. The Balaban J connectivity index is 1.98. The molecule has 0 saturated heterocycles. The fourth-order valence-electron chi connectivity index (χ4n) is 2.52. The number of aliphatic carboxylic acids is 1. The first-order chi connectivity index (χ1) is 10.1. The van der Waals surface area contributed by atoms with Gasteiger partial charge in [-0.2, -0.15) is 0 Å². The molecule has 1 aliphatic heterocycles. The van der Waals surface area contributed by atoms with Gasteiger partial charge in [0.2, 0.25) is 0 Å². The molecule has 0 spiro atoms. The van der Waals surface area contributed by atoms with Gasteiger partial charge in [-0.25, -0.2) is 4.79 Å². The van der Waals surface area contributed by atoms with Crippen LogP contribution in [0.4, 0.5) is 0 Å². The van der Waals surface area contributed by atoms with Gasteiger partial charge in [0.05, 0.1) is 5.69 Å². The fourth-order valence-corrected chi connectivity index (χ4v) is 3.13. The van der Waals surface area contributed by atoms with Crippen LogP contribution in [0.3, 0.4) is 0 Å². The number of carbonyl (C=O) groups excluding carboxylic acids is 1. The molecular formula is C14H13N3O3S. The Hall–Kier alpha value is -2.28. The molecule has 0 aliphatic carbocycles. The van der Waals surface area contributed by atoms with Crippen molar-refractivity contribution in [1.29, 1.82) is 0 Å². The van der Waals surface area contributed by atoms with E-state index < -0.39 is 12.0 Å². The summed E-state index contributed by atoms with van der Waals surface area (Å²) < 4.78 is 3.75. The maximum absolute atomic E-state index is 12.6. The second-order valence-electron chi connectivity index (χ2n) is 4.95.